The first-order chi connectivity index (χ1) is 16.6. The monoisotopic (exact) mass is 459 g/mol. The number of nitrogens with zero attached hydrogens (tertiary/aromatic N) is 3. The highest BCUT2D eigenvalue weighted by Gasteiger charge is 2.27. The number of amides is 1. The van der Waals surface area contributed by atoms with Crippen LogP contribution in [0.4, 0.5) is 0 Å². The predicted molar refractivity (Wildman–Crippen MR) is 138 cm³/mol. The van der Waals surface area contributed by atoms with Gasteiger partial charge >= 0.3 is 0 Å². The molecule has 0 saturated heterocycles. The number of hydrogen-bond donors (Lipinski definition) is 0. The van der Waals surface area contributed by atoms with Crippen molar-refractivity contribution < 1.29 is 4.79 Å². The topological polar surface area (TPSA) is 55.2 Å². The second-order valence-electron chi connectivity index (χ2n) is 9.67. The minimum atomic E-state index is -0.274. The average Bonchev–Trinajstić information content (AvgIpc) is 3.39. The van der Waals surface area contributed by atoms with E-state index >= 15 is 0 Å². The molecule has 0 aliphatic heterocycles. The molecule has 3 aromatic rings. The SMILES string of the molecule is CCCCN(C(=O)CCC1CCCC1)C(C)c1nc2ccccc2c(=O)n1Cc1ccccc1. The molecule has 34 heavy (non-hydrogen) atoms. The molecule has 1 aliphatic carbocycles. The Kier molecular flexibility index (Phi) is 8.15. The van der Waals surface area contributed by atoms with Gasteiger partial charge in [0.2, 0.25) is 5.91 Å². The number of benzene rings is 2. The third-order valence-corrected chi connectivity index (χ3v) is 7.23. The van der Waals surface area contributed by atoms with Crippen molar-refractivity contribution >= 4 is 16.8 Å². The van der Waals surface area contributed by atoms with Gasteiger partial charge in [0.15, 0.2) is 0 Å². The van der Waals surface area contributed by atoms with E-state index in [9.17, 15) is 9.59 Å². The van der Waals surface area contributed by atoms with Crippen molar-refractivity contribution in [1.82, 2.24) is 14.5 Å². The van der Waals surface area contributed by atoms with E-state index in [-0.39, 0.29) is 17.5 Å². The van der Waals surface area contributed by atoms with Crippen LogP contribution in [-0.2, 0) is 11.3 Å². The maximum atomic E-state index is 13.6. The number of carbonyl (C=O) groups excluding carboxylic acids is 1. The Balaban J connectivity index is 1.69. The van der Waals surface area contributed by atoms with Crippen molar-refractivity contribution in [3.05, 3.63) is 76.3 Å². The summed E-state index contributed by atoms with van der Waals surface area (Å²) in [7, 11) is 0. The fourth-order valence-electron chi connectivity index (χ4n) is 5.20. The van der Waals surface area contributed by atoms with Gasteiger partial charge in [0.05, 0.1) is 23.5 Å². The van der Waals surface area contributed by atoms with Crippen LogP contribution in [0.25, 0.3) is 10.9 Å². The van der Waals surface area contributed by atoms with Crippen LogP contribution in [0.3, 0.4) is 0 Å². The van der Waals surface area contributed by atoms with Crippen LogP contribution in [0.1, 0.15) is 82.6 Å². The standard InChI is InChI=1S/C29H37N3O2/c1-3-4-20-31(27(33)19-18-23-12-8-9-13-23)22(2)28-30-26-17-11-10-16-25(26)29(34)32(28)21-24-14-6-5-7-15-24/h5-7,10-11,14-17,22-23H,3-4,8-9,12-13,18-21H2,1-2H3. The van der Waals surface area contributed by atoms with Gasteiger partial charge in [-0.1, -0.05) is 81.5 Å². The molecule has 1 fully saturated rings. The molecular formula is C29H37N3O2. The van der Waals surface area contributed by atoms with Crippen LogP contribution in [0.5, 0.6) is 0 Å². The summed E-state index contributed by atoms with van der Waals surface area (Å²) in [5.41, 5.74) is 1.68. The Bertz CT molecular complexity index is 1150. The predicted octanol–water partition coefficient (Wildman–Crippen LogP) is 6.10. The molecule has 4 rings (SSSR count). The Morgan fingerprint density at radius 3 is 2.53 bits per heavy atom. The van der Waals surface area contributed by atoms with Crippen molar-refractivity contribution in [3.8, 4) is 0 Å². The molecule has 1 amide bonds. The first kappa shape index (κ1) is 24.2. The van der Waals surface area contributed by atoms with Crippen LogP contribution in [-0.4, -0.2) is 26.9 Å². The van der Waals surface area contributed by atoms with Gasteiger partial charge < -0.3 is 4.90 Å². The van der Waals surface area contributed by atoms with Crippen molar-refractivity contribution in [1.29, 1.82) is 0 Å². The molecule has 0 N–H and O–H groups in total. The Morgan fingerprint density at radius 1 is 1.09 bits per heavy atom. The summed E-state index contributed by atoms with van der Waals surface area (Å²) < 4.78 is 1.77. The van der Waals surface area contributed by atoms with Crippen LogP contribution >= 0.6 is 0 Å². The van der Waals surface area contributed by atoms with Crippen LogP contribution in [0, 0.1) is 5.92 Å². The van der Waals surface area contributed by atoms with Gasteiger partial charge in [-0.3, -0.25) is 14.2 Å². The molecular weight excluding hydrogens is 422 g/mol. The van der Waals surface area contributed by atoms with Crippen LogP contribution < -0.4 is 5.56 Å². The summed E-state index contributed by atoms with van der Waals surface area (Å²) >= 11 is 0. The van der Waals surface area contributed by atoms with E-state index in [1.807, 2.05) is 66.4 Å². The number of carbonyl (C=O) groups is 1. The van der Waals surface area contributed by atoms with Crippen molar-refractivity contribution in [2.24, 2.45) is 5.92 Å². The van der Waals surface area contributed by atoms with Crippen molar-refractivity contribution in [3.63, 3.8) is 0 Å². The van der Waals surface area contributed by atoms with E-state index in [1.165, 1.54) is 25.7 Å². The van der Waals surface area contributed by atoms with Crippen molar-refractivity contribution in [2.75, 3.05) is 6.54 Å². The summed E-state index contributed by atoms with van der Waals surface area (Å²) in [5.74, 6) is 1.53. The second kappa shape index (κ2) is 11.5. The smallest absolute Gasteiger partial charge is 0.261 e. The Morgan fingerprint density at radius 2 is 1.79 bits per heavy atom. The highest BCUT2D eigenvalue weighted by molar-refractivity contribution is 5.78. The molecule has 1 atom stereocenters. The second-order valence-corrected chi connectivity index (χ2v) is 9.67. The third-order valence-electron chi connectivity index (χ3n) is 7.23. The zero-order chi connectivity index (χ0) is 23.9. The third kappa shape index (κ3) is 5.57. The quantitative estimate of drug-likeness (QED) is 0.368. The first-order valence-electron chi connectivity index (χ1n) is 12.9. The fourth-order valence-corrected chi connectivity index (χ4v) is 5.20. The molecule has 0 bridgehead atoms. The lowest BCUT2D eigenvalue weighted by Crippen LogP contribution is -2.38. The van der Waals surface area contributed by atoms with Crippen molar-refractivity contribution in [2.45, 2.75) is 77.8 Å². The number of hydrogen-bond acceptors (Lipinski definition) is 3. The van der Waals surface area contributed by atoms with Gasteiger partial charge in [-0.05, 0) is 43.4 Å². The van der Waals surface area contributed by atoms with E-state index in [1.54, 1.807) is 4.57 Å². The number of aromatic nitrogens is 2. The van der Waals surface area contributed by atoms with E-state index in [4.69, 9.17) is 4.98 Å². The lowest BCUT2D eigenvalue weighted by Gasteiger charge is -2.31. The van der Waals surface area contributed by atoms with Crippen LogP contribution in [0.15, 0.2) is 59.4 Å². The van der Waals surface area contributed by atoms with E-state index < -0.39 is 0 Å². The van der Waals surface area contributed by atoms with E-state index in [0.29, 0.717) is 42.2 Å². The van der Waals surface area contributed by atoms with E-state index in [2.05, 4.69) is 6.92 Å². The van der Waals surface area contributed by atoms with E-state index in [0.717, 1.165) is 24.8 Å². The summed E-state index contributed by atoms with van der Waals surface area (Å²) in [4.78, 5) is 34.0. The molecule has 2 aromatic carbocycles. The largest absolute Gasteiger partial charge is 0.333 e. The number of rotatable bonds is 10. The molecule has 0 radical (unpaired) electrons. The molecule has 5 nitrogen and oxygen atoms in total. The molecule has 1 aromatic heterocycles. The van der Waals surface area contributed by atoms with Gasteiger partial charge in [-0.15, -0.1) is 0 Å². The highest BCUT2D eigenvalue weighted by atomic mass is 16.2. The number of unbranched alkanes of at least 4 members (excludes halogenated alkanes) is 1. The minimum Gasteiger partial charge on any atom is -0.333 e. The maximum absolute atomic E-state index is 13.6. The fraction of sp³-hybridized carbons (Fsp3) is 0.483. The number of para-hydroxylation sites is 1. The van der Waals surface area contributed by atoms with Gasteiger partial charge in [-0.25, -0.2) is 4.98 Å². The Labute approximate surface area is 202 Å². The molecule has 1 aliphatic rings. The lowest BCUT2D eigenvalue weighted by atomic mass is 10.0. The summed E-state index contributed by atoms with van der Waals surface area (Å²) in [6, 6.07) is 17.2. The normalized spacial score (nSPS) is 15.0. The highest BCUT2D eigenvalue weighted by Crippen LogP contribution is 2.30. The number of fused-ring (bicyclic) bond motifs is 1. The zero-order valence-electron chi connectivity index (χ0n) is 20.6. The summed E-state index contributed by atoms with van der Waals surface area (Å²) in [6.45, 7) is 5.30. The van der Waals surface area contributed by atoms with Gasteiger partial charge in [-0.2, -0.15) is 0 Å². The average molecular weight is 460 g/mol. The summed E-state index contributed by atoms with van der Waals surface area (Å²) in [6.07, 6.45) is 8.59. The summed E-state index contributed by atoms with van der Waals surface area (Å²) in [5, 5.41) is 0.613. The van der Waals surface area contributed by atoms with Crippen LogP contribution in [0.2, 0.25) is 0 Å². The Hall–Kier alpha value is -2.95. The molecule has 5 heteroatoms. The van der Waals surface area contributed by atoms with Gasteiger partial charge in [0, 0.05) is 13.0 Å². The van der Waals surface area contributed by atoms with Gasteiger partial charge in [0.1, 0.15) is 5.82 Å². The lowest BCUT2D eigenvalue weighted by molar-refractivity contribution is -0.134. The zero-order valence-corrected chi connectivity index (χ0v) is 20.6. The minimum absolute atomic E-state index is 0.0508. The molecule has 0 spiro atoms. The molecule has 1 heterocycles. The first-order valence-corrected chi connectivity index (χ1v) is 12.9. The van der Waals surface area contributed by atoms with Gasteiger partial charge in [0.25, 0.3) is 5.56 Å². The molecule has 1 saturated carbocycles. The molecule has 1 unspecified atom stereocenters. The molecule has 180 valence electrons. The maximum Gasteiger partial charge on any atom is 0.261 e.